The largest absolute Gasteiger partial charge is 0.488 e. The molecule has 0 spiro atoms. The summed E-state index contributed by atoms with van der Waals surface area (Å²) in [6.07, 6.45) is 3.24. The van der Waals surface area contributed by atoms with Gasteiger partial charge in [-0.2, -0.15) is 22.8 Å². The lowest BCUT2D eigenvalue weighted by atomic mass is 9.92. The third-order valence-electron chi connectivity index (χ3n) is 14.3. The van der Waals surface area contributed by atoms with Gasteiger partial charge in [-0.15, -0.1) is 23.4 Å². The molecule has 20 nitrogen and oxygen atoms in total. The lowest BCUT2D eigenvalue weighted by Gasteiger charge is -2.15. The summed E-state index contributed by atoms with van der Waals surface area (Å²) in [5.41, 5.74) is 8.25. The highest BCUT2D eigenvalue weighted by molar-refractivity contribution is 7.99. The highest BCUT2D eigenvalue weighted by atomic mass is 35.5. The summed E-state index contributed by atoms with van der Waals surface area (Å²) in [6.45, 7) is 18.5. The van der Waals surface area contributed by atoms with E-state index in [1.165, 1.54) is 11.8 Å². The molecular weight excluding hydrogens is 1260 g/mol. The van der Waals surface area contributed by atoms with E-state index in [-0.39, 0.29) is 47.8 Å². The molecule has 4 heterocycles. The second kappa shape index (κ2) is 34.1. The van der Waals surface area contributed by atoms with Crippen LogP contribution < -0.4 is 41.4 Å². The lowest BCUT2D eigenvalue weighted by Crippen LogP contribution is -2.21. The molecule has 0 aliphatic heterocycles. The monoisotopic (exact) mass is 1340 g/mol. The fourth-order valence-electron chi connectivity index (χ4n) is 9.33. The number of thioether (sulfide) groups is 1. The van der Waals surface area contributed by atoms with E-state index in [1.54, 1.807) is 48.1 Å². The summed E-state index contributed by atoms with van der Waals surface area (Å²) < 4.78 is 25.5. The number of thiol groups is 1. The number of rotatable bonds is 22. The van der Waals surface area contributed by atoms with Crippen molar-refractivity contribution in [3.63, 3.8) is 0 Å². The maximum absolute atomic E-state index is 13.4. The molecule has 0 aliphatic rings. The van der Waals surface area contributed by atoms with Crippen molar-refractivity contribution in [1.29, 1.82) is 0 Å². The number of methoxy groups -OCH3 is 2. The molecule has 6 aromatic carbocycles. The van der Waals surface area contributed by atoms with Gasteiger partial charge in [0.2, 0.25) is 11.8 Å². The molecule has 0 atom stereocenters. The SMILES string of the molecule is COCCS.COCCSCC(=O)Nc1cc(COc2ccc(NC(=O)Nc3cc(C(C)(C)C)nn3-c3ccc(C)cc3)c3ccccc23)ccn1.Cc1ccc(-n2nc(C(C)(C)C)cc2NC(=O)Nc2ccc(OCc3ccnc(NC(=O)CCl)c3)c3ccccc23)cc1. The number of halogens is 1. The quantitative estimate of drug-likeness (QED) is 0.0190. The van der Waals surface area contributed by atoms with Crippen molar-refractivity contribution in [3.05, 3.63) is 204 Å². The summed E-state index contributed by atoms with van der Waals surface area (Å²) in [5.74, 6) is 4.60. The molecule has 0 fully saturated rings. The second-order valence-corrected chi connectivity index (χ2v) is 25.8. The Kier molecular flexibility index (Phi) is 25.6. The minimum atomic E-state index is -0.393. The van der Waals surface area contributed by atoms with Gasteiger partial charge < -0.3 is 40.2 Å². The van der Waals surface area contributed by atoms with Crippen molar-refractivity contribution < 1.29 is 38.1 Å². The number of aryl methyl sites for hydroxylation is 2. The second-order valence-electron chi connectivity index (χ2n) is 24.0. The summed E-state index contributed by atoms with van der Waals surface area (Å²) in [4.78, 5) is 59.0. The van der Waals surface area contributed by atoms with Crippen LogP contribution in [0.1, 0.15) is 75.2 Å². The van der Waals surface area contributed by atoms with Gasteiger partial charge in [0.05, 0.1) is 53.1 Å². The van der Waals surface area contributed by atoms with Gasteiger partial charge in [-0.3, -0.25) is 20.2 Å². The molecule has 0 aliphatic carbocycles. The van der Waals surface area contributed by atoms with Crippen molar-refractivity contribution in [3.8, 4) is 22.9 Å². The predicted octanol–water partition coefficient (Wildman–Crippen LogP) is 15.6. The maximum Gasteiger partial charge on any atom is 0.324 e. The van der Waals surface area contributed by atoms with Gasteiger partial charge in [0.25, 0.3) is 0 Å². The number of aromatic nitrogens is 6. The molecule has 10 rings (SSSR count). The molecule has 0 saturated heterocycles. The highest BCUT2D eigenvalue weighted by Crippen LogP contribution is 2.35. The van der Waals surface area contributed by atoms with E-state index in [0.717, 1.165) is 84.7 Å². The first kappa shape index (κ1) is 71.4. The van der Waals surface area contributed by atoms with Crippen LogP contribution in [0.4, 0.5) is 44.2 Å². The van der Waals surface area contributed by atoms with Crippen molar-refractivity contribution in [2.75, 3.05) is 82.5 Å². The Morgan fingerprint density at radius 1 is 0.516 bits per heavy atom. The molecule has 10 aromatic rings. The number of anilines is 6. The predicted molar refractivity (Wildman–Crippen MR) is 387 cm³/mol. The van der Waals surface area contributed by atoms with Gasteiger partial charge in [0, 0.05) is 82.6 Å². The number of pyridine rings is 2. The number of urea groups is 2. The Morgan fingerprint density at radius 2 is 0.937 bits per heavy atom. The molecule has 0 unspecified atom stereocenters. The zero-order valence-electron chi connectivity index (χ0n) is 55.0. The third kappa shape index (κ3) is 20.8. The van der Waals surface area contributed by atoms with Crippen LogP contribution in [0, 0.1) is 13.8 Å². The number of hydrogen-bond donors (Lipinski definition) is 7. The fourth-order valence-corrected chi connectivity index (χ4v) is 10.3. The first-order chi connectivity index (χ1) is 45.6. The topological polar surface area (TPSA) is 239 Å². The number of ether oxygens (including phenoxy) is 4. The van der Waals surface area contributed by atoms with Gasteiger partial charge in [0.15, 0.2) is 0 Å². The fraction of sp³-hybridized carbons (Fsp3) is 0.278. The van der Waals surface area contributed by atoms with E-state index in [1.807, 2.05) is 159 Å². The molecule has 0 radical (unpaired) electrons. The number of benzene rings is 6. The Bertz CT molecular complexity index is 4230. The zero-order valence-corrected chi connectivity index (χ0v) is 57.5. The van der Waals surface area contributed by atoms with Crippen LogP contribution >= 0.6 is 36.0 Å². The Balaban J connectivity index is 0.000000228. The van der Waals surface area contributed by atoms with Gasteiger partial charge >= 0.3 is 12.1 Å². The first-order valence-corrected chi connectivity index (χ1v) is 33.0. The minimum Gasteiger partial charge on any atom is -0.488 e. The van der Waals surface area contributed by atoms with E-state index in [0.29, 0.717) is 58.5 Å². The van der Waals surface area contributed by atoms with Crippen LogP contribution in [-0.2, 0) is 43.1 Å². The molecular formula is C72H81ClN12O8S2. The van der Waals surface area contributed by atoms with Crippen molar-refractivity contribution in [2.24, 2.45) is 0 Å². The minimum absolute atomic E-state index is 0.121. The summed E-state index contributed by atoms with van der Waals surface area (Å²) >= 11 is 11.0. The van der Waals surface area contributed by atoms with Gasteiger partial charge in [-0.05, 0) is 97.8 Å². The standard InChI is InChI=1S/C36H40N6O4S.C33H33ClN6O3.C3H8OS/c1-24-10-12-26(13-11-24)42-33(21-31(41-42)36(2,3)4)40-35(44)38-29-14-15-30(28-9-7-6-8-27(28)29)46-22-25-16-17-37-32(20-25)39-34(43)23-47-19-18-45-5;1-21-9-11-23(12-10-21)40-30(18-28(39-40)33(2,3)4)38-32(42)36-26-13-14-27(25-8-6-5-7-24(25)26)43-20-22-15-16-35-29(17-22)37-31(41)19-34;1-4-2-3-5/h6-17,20-21H,18-19,22-23H2,1-5H3,(H,37,39,43)(H2,38,40,44);5-18H,19-20H2,1-4H3,(H,35,37,41)(H2,36,38,42);5H,2-3H2,1H3. The number of hydrogen-bond acceptors (Lipinski definition) is 14. The van der Waals surface area contributed by atoms with E-state index >= 15 is 0 Å². The lowest BCUT2D eigenvalue weighted by molar-refractivity contribution is -0.114. The van der Waals surface area contributed by atoms with E-state index < -0.39 is 6.03 Å². The molecule has 95 heavy (non-hydrogen) atoms. The molecule has 0 bridgehead atoms. The average molecular weight is 1340 g/mol. The van der Waals surface area contributed by atoms with E-state index in [4.69, 9.17) is 36.0 Å². The Labute approximate surface area is 569 Å². The Morgan fingerprint density at radius 3 is 1.33 bits per heavy atom. The number of amides is 6. The van der Waals surface area contributed by atoms with E-state index in [9.17, 15) is 19.2 Å². The summed E-state index contributed by atoms with van der Waals surface area (Å²) in [5, 5.41) is 30.4. The Hall–Kier alpha value is -9.45. The normalized spacial score (nSPS) is 11.2. The number of alkyl halides is 1. The van der Waals surface area contributed by atoms with Crippen LogP contribution in [0.5, 0.6) is 11.5 Å². The molecule has 0 saturated carbocycles. The smallest absolute Gasteiger partial charge is 0.324 e. The van der Waals surface area contributed by atoms with Crippen LogP contribution in [0.2, 0.25) is 0 Å². The summed E-state index contributed by atoms with van der Waals surface area (Å²) in [7, 11) is 3.30. The number of fused-ring (bicyclic) bond motifs is 2. The van der Waals surface area contributed by atoms with E-state index in [2.05, 4.69) is 101 Å². The van der Waals surface area contributed by atoms with Crippen LogP contribution in [-0.4, -0.2) is 104 Å². The zero-order chi connectivity index (χ0) is 68.1. The molecule has 23 heteroatoms. The van der Waals surface area contributed by atoms with Crippen LogP contribution in [0.15, 0.2) is 170 Å². The summed E-state index contributed by atoms with van der Waals surface area (Å²) in [6, 6.07) is 49.0. The van der Waals surface area contributed by atoms with Crippen molar-refractivity contribution in [2.45, 2.75) is 79.4 Å². The number of carbonyl (C=O) groups is 4. The first-order valence-electron chi connectivity index (χ1n) is 30.6. The number of carbonyl (C=O) groups excluding carboxylic acids is 4. The molecule has 4 aromatic heterocycles. The molecule has 6 N–H and O–H groups in total. The number of nitrogens with one attached hydrogen (secondary N) is 6. The van der Waals surface area contributed by atoms with Crippen LogP contribution in [0.25, 0.3) is 32.9 Å². The number of nitrogens with zero attached hydrogens (tertiary/aromatic N) is 6. The van der Waals surface area contributed by atoms with Gasteiger partial charge in [-0.1, -0.05) is 125 Å². The highest BCUT2D eigenvalue weighted by Gasteiger charge is 2.24. The van der Waals surface area contributed by atoms with Crippen molar-refractivity contribution >= 4 is 116 Å². The third-order valence-corrected chi connectivity index (χ3v) is 15.7. The van der Waals surface area contributed by atoms with Crippen molar-refractivity contribution in [1.82, 2.24) is 29.5 Å². The molecule has 6 amide bonds. The average Bonchev–Trinajstić information content (AvgIpc) is 1.72. The van der Waals surface area contributed by atoms with Crippen LogP contribution in [0.3, 0.4) is 0 Å². The van der Waals surface area contributed by atoms with Gasteiger partial charge in [0.1, 0.15) is 53.9 Å². The molecule has 496 valence electrons. The maximum atomic E-state index is 13.4. The van der Waals surface area contributed by atoms with Gasteiger partial charge in [-0.25, -0.2) is 28.9 Å².